The van der Waals surface area contributed by atoms with Crippen LogP contribution in [0.25, 0.3) is 16.9 Å². The molecule has 0 spiro atoms. The van der Waals surface area contributed by atoms with Crippen molar-refractivity contribution in [2.24, 2.45) is 17.6 Å². The fourth-order valence-corrected chi connectivity index (χ4v) is 7.01. The van der Waals surface area contributed by atoms with Crippen LogP contribution in [0, 0.1) is 11.8 Å². The van der Waals surface area contributed by atoms with E-state index < -0.39 is 58.0 Å². The molecule has 45 heavy (non-hydrogen) atoms. The Morgan fingerprint density at radius 3 is 2.29 bits per heavy atom. The van der Waals surface area contributed by atoms with Crippen molar-refractivity contribution < 1.29 is 39.6 Å². The number of aliphatic hydroxyl groups excluding tert-OH is 2. The molecule has 0 unspecified atom stereocenters. The van der Waals surface area contributed by atoms with E-state index in [1.807, 2.05) is 19.0 Å². The van der Waals surface area contributed by atoms with Gasteiger partial charge in [-0.2, -0.15) is 0 Å². The van der Waals surface area contributed by atoms with Gasteiger partial charge in [0.15, 0.2) is 11.4 Å². The van der Waals surface area contributed by atoms with Gasteiger partial charge in [0.2, 0.25) is 5.78 Å². The van der Waals surface area contributed by atoms with Crippen LogP contribution in [0.2, 0.25) is 0 Å². The molecule has 3 aliphatic carbocycles. The Kier molecular flexibility index (Phi) is 8.34. The summed E-state index contributed by atoms with van der Waals surface area (Å²) in [6, 6.07) is 8.80. The van der Waals surface area contributed by atoms with Gasteiger partial charge in [-0.25, -0.2) is 0 Å². The Bertz CT molecular complexity index is 1660. The quantitative estimate of drug-likeness (QED) is 0.186. The predicted molar refractivity (Wildman–Crippen MR) is 165 cm³/mol. The van der Waals surface area contributed by atoms with E-state index in [9.17, 15) is 39.6 Å². The Morgan fingerprint density at radius 2 is 1.69 bits per heavy atom. The van der Waals surface area contributed by atoms with Gasteiger partial charge in [0.05, 0.1) is 11.6 Å². The summed E-state index contributed by atoms with van der Waals surface area (Å²) >= 11 is 0. The third-order valence-corrected chi connectivity index (χ3v) is 9.13. The molecule has 0 saturated heterocycles. The maximum absolute atomic E-state index is 14.0. The molecule has 2 aromatic rings. The van der Waals surface area contributed by atoms with Crippen molar-refractivity contribution in [3.8, 4) is 16.9 Å². The second-order valence-electron chi connectivity index (χ2n) is 12.4. The molecule has 3 aliphatic rings. The van der Waals surface area contributed by atoms with Gasteiger partial charge in [0, 0.05) is 23.6 Å². The standard InChI is InChI=1S/C33H38N4O8/c1-36(2)13-5-12-35-32(44)17-8-6-16(7-9-17)19-10-11-22(38)24-20(19)14-18-15-21-26(37(3)4)28(40)25(31(34)43)30(42)33(21,45)29(41)23(18)27(24)39/h6-11,18,21,26,38-39,42,45H,5,12-15H2,1-4H3,(H2,34,43)(H,35,44)/t18-,21-,26+,33-/m0/s1. The van der Waals surface area contributed by atoms with Crippen LogP contribution >= 0.6 is 0 Å². The van der Waals surface area contributed by atoms with E-state index in [0.717, 1.165) is 13.0 Å². The van der Waals surface area contributed by atoms with Crippen LogP contribution in [0.5, 0.6) is 5.75 Å². The van der Waals surface area contributed by atoms with Gasteiger partial charge in [-0.15, -0.1) is 0 Å². The van der Waals surface area contributed by atoms with Gasteiger partial charge < -0.3 is 36.4 Å². The molecule has 2 aromatic carbocycles. The van der Waals surface area contributed by atoms with Gasteiger partial charge in [-0.3, -0.25) is 24.1 Å². The lowest BCUT2D eigenvalue weighted by molar-refractivity contribution is -0.153. The fourth-order valence-electron chi connectivity index (χ4n) is 7.01. The molecule has 238 valence electrons. The number of carbonyl (C=O) groups is 4. The third-order valence-electron chi connectivity index (χ3n) is 9.13. The summed E-state index contributed by atoms with van der Waals surface area (Å²) < 4.78 is 0. The van der Waals surface area contributed by atoms with Crippen molar-refractivity contribution in [2.45, 2.75) is 30.9 Å². The first-order chi connectivity index (χ1) is 21.2. The lowest BCUT2D eigenvalue weighted by atomic mass is 9.57. The molecule has 1 saturated carbocycles. The number of aliphatic hydroxyl groups is 3. The second kappa shape index (κ2) is 11.8. The normalized spacial score (nSPS) is 24.5. The minimum absolute atomic E-state index is 0.00602. The average Bonchev–Trinajstić information content (AvgIpc) is 2.97. The summed E-state index contributed by atoms with van der Waals surface area (Å²) in [6.45, 7) is 1.38. The lowest BCUT2D eigenvalue weighted by Gasteiger charge is -2.50. The first-order valence-electron chi connectivity index (χ1n) is 14.7. The van der Waals surface area contributed by atoms with E-state index in [0.29, 0.717) is 28.8 Å². The molecular formula is C33H38N4O8. The number of hydrogen-bond donors (Lipinski definition) is 6. The van der Waals surface area contributed by atoms with Crippen LogP contribution in [0.15, 0.2) is 53.3 Å². The number of ketones is 2. The first kappa shape index (κ1) is 31.9. The van der Waals surface area contributed by atoms with Crippen LogP contribution in [0.1, 0.15) is 34.3 Å². The second-order valence-corrected chi connectivity index (χ2v) is 12.4. The zero-order valence-corrected chi connectivity index (χ0v) is 25.6. The number of rotatable bonds is 8. The third kappa shape index (κ3) is 5.18. The zero-order valence-electron chi connectivity index (χ0n) is 25.6. The maximum atomic E-state index is 14.0. The van der Waals surface area contributed by atoms with Crippen molar-refractivity contribution in [3.05, 3.63) is 70.0 Å². The van der Waals surface area contributed by atoms with E-state index in [1.165, 1.54) is 11.0 Å². The number of nitrogens with two attached hydrogens (primary N) is 1. The highest BCUT2D eigenvalue weighted by molar-refractivity contribution is 6.24. The molecule has 5 rings (SSSR count). The number of aromatic hydroxyl groups is 1. The summed E-state index contributed by atoms with van der Waals surface area (Å²) in [5.74, 6) is -7.19. The molecular weight excluding hydrogens is 580 g/mol. The highest BCUT2D eigenvalue weighted by atomic mass is 16.3. The Labute approximate surface area is 260 Å². The molecule has 0 bridgehead atoms. The Morgan fingerprint density at radius 1 is 1.02 bits per heavy atom. The van der Waals surface area contributed by atoms with E-state index in [4.69, 9.17) is 5.73 Å². The van der Waals surface area contributed by atoms with Crippen molar-refractivity contribution in [3.63, 3.8) is 0 Å². The summed E-state index contributed by atoms with van der Waals surface area (Å²) in [6.07, 6.45) is 0.962. The number of hydrogen-bond acceptors (Lipinski definition) is 10. The number of benzene rings is 2. The Balaban J connectivity index is 1.54. The first-order valence-corrected chi connectivity index (χ1v) is 14.7. The fraction of sp³-hybridized carbons (Fsp3) is 0.394. The topological polar surface area (TPSA) is 194 Å². The predicted octanol–water partition coefficient (Wildman–Crippen LogP) is 1.31. The van der Waals surface area contributed by atoms with Crippen molar-refractivity contribution in [2.75, 3.05) is 41.3 Å². The molecule has 0 aliphatic heterocycles. The molecule has 0 heterocycles. The van der Waals surface area contributed by atoms with E-state index in [-0.39, 0.29) is 35.6 Å². The van der Waals surface area contributed by atoms with Crippen LogP contribution in [-0.4, -0.2) is 107 Å². The number of phenols is 1. The average molecular weight is 619 g/mol. The summed E-state index contributed by atoms with van der Waals surface area (Å²) in [5, 5.41) is 48.0. The number of nitrogens with zero attached hydrogens (tertiary/aromatic N) is 2. The van der Waals surface area contributed by atoms with E-state index >= 15 is 0 Å². The highest BCUT2D eigenvalue weighted by Gasteiger charge is 2.64. The molecule has 12 heteroatoms. The summed E-state index contributed by atoms with van der Waals surface area (Å²) in [5.41, 5.74) is 4.00. The highest BCUT2D eigenvalue weighted by Crippen LogP contribution is 2.53. The summed E-state index contributed by atoms with van der Waals surface area (Å²) in [7, 11) is 7.03. The molecule has 1 fully saturated rings. The maximum Gasteiger partial charge on any atom is 0.255 e. The number of fused-ring (bicyclic) bond motifs is 3. The van der Waals surface area contributed by atoms with Gasteiger partial charge in [0.1, 0.15) is 22.8 Å². The van der Waals surface area contributed by atoms with Gasteiger partial charge >= 0.3 is 0 Å². The Hall–Kier alpha value is -4.52. The number of likely N-dealkylation sites (N-methyl/N-ethyl adjacent to an activating group) is 1. The zero-order chi connectivity index (χ0) is 33.0. The number of carbonyl (C=O) groups excluding carboxylic acids is 4. The number of amides is 2. The molecule has 0 aromatic heterocycles. The molecule has 0 radical (unpaired) electrons. The van der Waals surface area contributed by atoms with Gasteiger partial charge in [-0.1, -0.05) is 18.2 Å². The number of Topliss-reactive ketones (excluding diaryl/α,β-unsaturated/α-hetero) is 2. The molecule has 4 atom stereocenters. The van der Waals surface area contributed by atoms with E-state index in [1.54, 1.807) is 44.4 Å². The largest absolute Gasteiger partial charge is 0.508 e. The number of nitrogens with one attached hydrogen (secondary N) is 1. The minimum Gasteiger partial charge on any atom is -0.508 e. The van der Waals surface area contributed by atoms with Crippen LogP contribution in [-0.2, 0) is 20.8 Å². The lowest BCUT2D eigenvalue weighted by Crippen LogP contribution is -2.65. The van der Waals surface area contributed by atoms with Crippen LogP contribution in [0.3, 0.4) is 0 Å². The SMILES string of the molecule is CN(C)CCCNC(=O)c1ccc(-c2ccc(O)c3c2C[C@H]2C[C@H]4[C@@H](N(C)C)C(=O)C(C(N)=O)=C(O)[C@@]4(O)C(=O)C2=C3O)cc1. The molecule has 12 nitrogen and oxygen atoms in total. The van der Waals surface area contributed by atoms with Crippen LogP contribution < -0.4 is 11.1 Å². The number of phenolic OH excluding ortho intramolecular Hbond substituents is 1. The molecule has 7 N–H and O–H groups in total. The van der Waals surface area contributed by atoms with Crippen molar-refractivity contribution >= 4 is 29.1 Å². The summed E-state index contributed by atoms with van der Waals surface area (Å²) in [4.78, 5) is 55.6. The molecule has 2 amide bonds. The smallest absolute Gasteiger partial charge is 0.255 e. The minimum atomic E-state index is -2.69. The van der Waals surface area contributed by atoms with Gasteiger partial charge in [-0.05, 0) is 94.8 Å². The monoisotopic (exact) mass is 618 g/mol. The number of primary amides is 1. The van der Waals surface area contributed by atoms with Gasteiger partial charge in [0.25, 0.3) is 11.8 Å². The van der Waals surface area contributed by atoms with Crippen molar-refractivity contribution in [1.82, 2.24) is 15.1 Å². The van der Waals surface area contributed by atoms with Crippen LogP contribution in [0.4, 0.5) is 0 Å². The van der Waals surface area contributed by atoms with Crippen molar-refractivity contribution in [1.29, 1.82) is 0 Å². The van der Waals surface area contributed by atoms with E-state index in [2.05, 4.69) is 5.32 Å².